The molecule has 0 spiro atoms. The molecule has 6 heteroatoms. The Labute approximate surface area is 805 Å². The molecular formula is C131H102N6. The van der Waals surface area contributed by atoms with Crippen molar-refractivity contribution >= 4 is 107 Å². The first-order valence-electron chi connectivity index (χ1n) is 46.7. The average molecular weight is 1760 g/mol. The highest BCUT2D eigenvalue weighted by molar-refractivity contribution is 6.12. The Morgan fingerprint density at radius 2 is 0.277 bits per heavy atom. The third kappa shape index (κ3) is 20.0. The summed E-state index contributed by atoms with van der Waals surface area (Å²) < 4.78 is 0. The largest absolute Gasteiger partial charge is 0.345 e. The lowest BCUT2D eigenvalue weighted by molar-refractivity contribution is 1.20. The monoisotopic (exact) mass is 1760 g/mol. The maximum Gasteiger partial charge on any atom is 0.0567 e. The molecule has 0 radical (unpaired) electrons. The zero-order valence-corrected chi connectivity index (χ0v) is 76.9. The predicted molar refractivity (Wildman–Crippen MR) is 585 cm³/mol. The van der Waals surface area contributed by atoms with E-state index in [2.05, 4.69) is 615 Å². The van der Waals surface area contributed by atoms with Crippen molar-refractivity contribution in [2.24, 2.45) is 0 Å². The number of rotatable bonds is 23. The summed E-state index contributed by atoms with van der Waals surface area (Å²) in [6.45, 7) is 0. The van der Waals surface area contributed by atoms with Gasteiger partial charge in [-0.25, -0.2) is 0 Å². The third-order valence-electron chi connectivity index (χ3n) is 25.5. The molecule has 0 aliphatic heterocycles. The number of fused-ring (bicyclic) bond motifs is 2. The molecule has 0 bridgehead atoms. The zero-order valence-electron chi connectivity index (χ0n) is 76.9. The highest BCUT2D eigenvalue weighted by atomic mass is 15.2. The van der Waals surface area contributed by atoms with Crippen LogP contribution in [0.25, 0.3) is 111 Å². The van der Waals surface area contributed by atoms with Gasteiger partial charge in [-0.05, 0) is 276 Å². The highest BCUT2D eigenvalue weighted by Crippen LogP contribution is 2.46. The van der Waals surface area contributed by atoms with Crippen LogP contribution in [0.4, 0.5) is 85.3 Å². The van der Waals surface area contributed by atoms with E-state index in [1.165, 1.54) is 116 Å². The lowest BCUT2D eigenvalue weighted by Crippen LogP contribution is -2.12. The van der Waals surface area contributed by atoms with Crippen LogP contribution in [-0.2, 0) is 0 Å². The van der Waals surface area contributed by atoms with Crippen LogP contribution in [0.5, 0.6) is 0 Å². The van der Waals surface area contributed by atoms with Crippen molar-refractivity contribution in [3.8, 4) is 89.0 Å². The molecule has 22 rings (SSSR count). The molecule has 0 unspecified atom stereocenters. The van der Waals surface area contributed by atoms with Crippen LogP contribution in [-0.4, -0.2) is 21.1 Å². The van der Waals surface area contributed by atoms with Gasteiger partial charge in [0.25, 0.3) is 0 Å². The molecular weight excluding hydrogens is 1660 g/mol. The van der Waals surface area contributed by atoms with Crippen LogP contribution in [0.15, 0.2) is 564 Å². The van der Waals surface area contributed by atoms with Gasteiger partial charge in [0.1, 0.15) is 0 Å². The minimum atomic E-state index is 1.10. The molecule has 0 aliphatic rings. The number of benzene rings is 22. The maximum atomic E-state index is 2.36. The molecule has 22 aromatic carbocycles. The quantitative estimate of drug-likeness (QED) is 0.0590. The van der Waals surface area contributed by atoms with Gasteiger partial charge in [0.05, 0.1) is 5.69 Å². The van der Waals surface area contributed by atoms with Crippen LogP contribution >= 0.6 is 0 Å². The second-order valence-electron chi connectivity index (χ2n) is 34.2. The van der Waals surface area contributed by atoms with E-state index in [0.717, 1.165) is 79.6 Å². The molecule has 0 aliphatic carbocycles. The van der Waals surface area contributed by atoms with Crippen molar-refractivity contribution in [1.29, 1.82) is 0 Å². The molecule has 0 heterocycles. The first-order valence-corrected chi connectivity index (χ1v) is 46.7. The van der Waals surface area contributed by atoms with E-state index < -0.39 is 0 Å². The Balaban J connectivity index is 0.000000127. The lowest BCUT2D eigenvalue weighted by atomic mass is 10.00. The summed E-state index contributed by atoms with van der Waals surface area (Å²) in [5.74, 6) is 0. The van der Waals surface area contributed by atoms with Crippen LogP contribution < -0.4 is 29.4 Å². The predicted octanol–water partition coefficient (Wildman–Crippen LogP) is 36.4. The fourth-order valence-electron chi connectivity index (χ4n) is 18.4. The van der Waals surface area contributed by atoms with E-state index in [1.54, 1.807) is 0 Å². The fourth-order valence-corrected chi connectivity index (χ4v) is 18.4. The van der Waals surface area contributed by atoms with Crippen molar-refractivity contribution in [2.45, 2.75) is 0 Å². The Bertz CT molecular complexity index is 7460. The van der Waals surface area contributed by atoms with Crippen LogP contribution in [0.2, 0.25) is 0 Å². The first-order chi connectivity index (χ1) is 67.7. The van der Waals surface area contributed by atoms with Gasteiger partial charge >= 0.3 is 0 Å². The van der Waals surface area contributed by atoms with Crippen molar-refractivity contribution in [3.63, 3.8) is 0 Å². The molecule has 137 heavy (non-hydrogen) atoms. The van der Waals surface area contributed by atoms with Crippen LogP contribution in [0, 0.1) is 0 Å². The van der Waals surface area contributed by atoms with E-state index in [1.807, 2.05) is 0 Å². The molecule has 0 amide bonds. The SMILES string of the molecule is CN(c1ccc(-c2ccccc2)cc1)c1ccc(N(c2cccc(-c3ccccc3)c2)c2cccc(-c3ccccc3)c2)cc1.CN(c1ccc(N(c2cccc(-c3ccccc3)c2)c2cccc(-c3ccccc3)c2)cc1)c1c2ccccc2cc2ccccc12.CN(c1ccc(N(c2cccc(-c3ccccc3)c2)c2cccc(-c3ccccc3)c2)cc1)c1cccc(-c2ccccc2)c1. The van der Waals surface area contributed by atoms with Crippen molar-refractivity contribution in [2.75, 3.05) is 50.5 Å². The summed E-state index contributed by atoms with van der Waals surface area (Å²) in [5, 5.41) is 4.98. The topological polar surface area (TPSA) is 19.4 Å². The van der Waals surface area contributed by atoms with E-state index in [4.69, 9.17) is 0 Å². The molecule has 656 valence electrons. The van der Waals surface area contributed by atoms with Gasteiger partial charge in [-0.15, -0.1) is 0 Å². The van der Waals surface area contributed by atoms with Gasteiger partial charge in [-0.2, -0.15) is 0 Å². The van der Waals surface area contributed by atoms with Crippen molar-refractivity contribution < 1.29 is 0 Å². The number of hydrogen-bond donors (Lipinski definition) is 0. The van der Waals surface area contributed by atoms with Crippen molar-refractivity contribution in [1.82, 2.24) is 0 Å². The Hall–Kier alpha value is -17.8. The molecule has 0 N–H and O–H groups in total. The second kappa shape index (κ2) is 41.3. The second-order valence-corrected chi connectivity index (χ2v) is 34.2. The van der Waals surface area contributed by atoms with E-state index in [0.29, 0.717) is 0 Å². The van der Waals surface area contributed by atoms with Gasteiger partial charge < -0.3 is 29.4 Å². The lowest BCUT2D eigenvalue weighted by Gasteiger charge is -2.28. The summed E-state index contributed by atoms with van der Waals surface area (Å²) in [6, 6.07) is 201. The standard InChI is InChI=1S/C45H34N2.2C43H34N2/c1-46(45-43-24-10-8-18-37(43)30-38-19-9-11-25-44(38)45)39-26-28-40(29-27-39)47(41-22-12-20-35(31-41)33-14-4-2-5-15-33)42-23-13-21-36(32-42)34-16-6-3-7-17-34;1-44(41-23-11-20-36(30-41)33-14-5-2-6-15-33)39-26-28-40(29-27-39)45(42-24-12-21-37(31-42)34-16-7-3-8-17-34)43-25-13-22-38(32-43)35-18-9-4-10-19-35;1-44(39-25-23-36(24-26-39)33-13-5-2-6-14-33)40-27-29-41(30-28-40)45(42-21-11-19-37(31-42)34-15-7-3-8-16-34)43-22-12-20-38(32-43)35-17-9-4-10-18-35/h2-32H,1H3;2*2-32H,1H3. The Morgan fingerprint density at radius 1 is 0.109 bits per heavy atom. The Morgan fingerprint density at radius 3 is 0.526 bits per heavy atom. The highest BCUT2D eigenvalue weighted by Gasteiger charge is 2.22. The van der Waals surface area contributed by atoms with Gasteiger partial charge in [0.15, 0.2) is 0 Å². The fraction of sp³-hybridized carbons (Fsp3) is 0.0229. The summed E-state index contributed by atoms with van der Waals surface area (Å²) in [7, 11) is 6.42. The molecule has 0 saturated heterocycles. The van der Waals surface area contributed by atoms with E-state index >= 15 is 0 Å². The molecule has 22 aromatic rings. The minimum Gasteiger partial charge on any atom is -0.345 e. The first kappa shape index (κ1) is 87.2. The van der Waals surface area contributed by atoms with Gasteiger partial charge in [0, 0.05) is 112 Å². The zero-order chi connectivity index (χ0) is 92.4. The summed E-state index contributed by atoms with van der Waals surface area (Å²) in [6.07, 6.45) is 0. The van der Waals surface area contributed by atoms with Crippen LogP contribution in [0.1, 0.15) is 0 Å². The number of anilines is 15. The number of hydrogen-bond acceptors (Lipinski definition) is 6. The third-order valence-corrected chi connectivity index (χ3v) is 25.5. The number of nitrogens with zero attached hydrogens (tertiary/aromatic N) is 6. The van der Waals surface area contributed by atoms with E-state index in [9.17, 15) is 0 Å². The van der Waals surface area contributed by atoms with Crippen LogP contribution in [0.3, 0.4) is 0 Å². The maximum absolute atomic E-state index is 2.36. The molecule has 0 aromatic heterocycles. The summed E-state index contributed by atoms with van der Waals surface area (Å²) >= 11 is 0. The molecule has 0 saturated carbocycles. The van der Waals surface area contributed by atoms with E-state index in [-0.39, 0.29) is 0 Å². The Kier molecular flexibility index (Phi) is 26.3. The van der Waals surface area contributed by atoms with Gasteiger partial charge in [-0.3, -0.25) is 0 Å². The minimum absolute atomic E-state index is 1.10. The summed E-state index contributed by atoms with van der Waals surface area (Å²) in [5.41, 5.74) is 36.0. The summed E-state index contributed by atoms with van der Waals surface area (Å²) in [4.78, 5) is 13.8. The normalized spacial score (nSPS) is 10.9. The van der Waals surface area contributed by atoms with Crippen molar-refractivity contribution in [3.05, 3.63) is 564 Å². The van der Waals surface area contributed by atoms with Gasteiger partial charge in [0.2, 0.25) is 0 Å². The molecule has 0 fully saturated rings. The average Bonchev–Trinajstić information content (AvgIpc) is 0.758. The molecule has 0 atom stereocenters. The smallest absolute Gasteiger partial charge is 0.0567 e. The molecule has 6 nitrogen and oxygen atoms in total. The van der Waals surface area contributed by atoms with Gasteiger partial charge in [-0.1, -0.05) is 388 Å².